The summed E-state index contributed by atoms with van der Waals surface area (Å²) in [5.74, 6) is -0.414. The number of carbonyl (C=O) groups excluding carboxylic acids is 2. The Morgan fingerprint density at radius 1 is 0.512 bits per heavy atom. The third-order valence-electron chi connectivity index (χ3n) is 8.25. The molecule has 0 spiro atoms. The van der Waals surface area contributed by atoms with E-state index in [-0.39, 0.29) is 11.8 Å². The summed E-state index contributed by atoms with van der Waals surface area (Å²) in [5, 5.41) is 5.51. The van der Waals surface area contributed by atoms with Gasteiger partial charge in [0, 0.05) is 13.0 Å². The molecule has 0 heterocycles. The van der Waals surface area contributed by atoms with Crippen molar-refractivity contribution < 1.29 is 9.59 Å². The molecular weight excluding hydrogens is 530 g/mol. The molecule has 5 nitrogen and oxygen atoms in total. The van der Waals surface area contributed by atoms with E-state index in [4.69, 9.17) is 5.73 Å². The number of rotatable bonds is 33. The van der Waals surface area contributed by atoms with Crippen molar-refractivity contribution in [3.05, 3.63) is 24.3 Å². The molecule has 0 aromatic heterocycles. The summed E-state index contributed by atoms with van der Waals surface area (Å²) < 4.78 is 0. The van der Waals surface area contributed by atoms with Crippen LogP contribution >= 0.6 is 0 Å². The van der Waals surface area contributed by atoms with Gasteiger partial charge in [0.05, 0.1) is 0 Å². The smallest absolute Gasteiger partial charge is 0.257 e. The average molecular weight is 604 g/mol. The van der Waals surface area contributed by atoms with E-state index >= 15 is 0 Å². The number of nitrogens with two attached hydrogens (primary N) is 1. The molecular formula is C38H73N3O2. The molecule has 0 fully saturated rings. The third-order valence-corrected chi connectivity index (χ3v) is 8.25. The minimum Gasteiger partial charge on any atom is -0.353 e. The summed E-state index contributed by atoms with van der Waals surface area (Å²) in [6, 6.07) is 0. The Hall–Kier alpha value is -1.62. The highest BCUT2D eigenvalue weighted by Gasteiger charge is 2.15. The summed E-state index contributed by atoms with van der Waals surface area (Å²) in [5.41, 5.74) is 5.89. The maximum atomic E-state index is 12.2. The first-order chi connectivity index (χ1) is 21.1. The lowest BCUT2D eigenvalue weighted by molar-refractivity contribution is -0.128. The molecule has 0 radical (unpaired) electrons. The zero-order chi connectivity index (χ0) is 31.5. The van der Waals surface area contributed by atoms with Crippen molar-refractivity contribution in [2.75, 3.05) is 6.54 Å². The lowest BCUT2D eigenvalue weighted by Crippen LogP contribution is -2.52. The fourth-order valence-electron chi connectivity index (χ4n) is 5.36. The van der Waals surface area contributed by atoms with Crippen molar-refractivity contribution in [2.24, 2.45) is 5.73 Å². The van der Waals surface area contributed by atoms with Crippen LogP contribution in [0.4, 0.5) is 0 Å². The summed E-state index contributed by atoms with van der Waals surface area (Å²) >= 11 is 0. The number of amides is 2. The van der Waals surface area contributed by atoms with Gasteiger partial charge in [0.15, 0.2) is 6.17 Å². The van der Waals surface area contributed by atoms with Crippen molar-refractivity contribution in [1.82, 2.24) is 10.6 Å². The van der Waals surface area contributed by atoms with Crippen LogP contribution in [0.15, 0.2) is 24.3 Å². The van der Waals surface area contributed by atoms with E-state index in [1.54, 1.807) is 0 Å². The Kier molecular flexibility index (Phi) is 33.6. The Labute approximate surface area is 268 Å². The Balaban J connectivity index is 3.47. The van der Waals surface area contributed by atoms with E-state index in [1.165, 1.54) is 135 Å². The van der Waals surface area contributed by atoms with Crippen LogP contribution in [0.3, 0.4) is 0 Å². The summed E-state index contributed by atoms with van der Waals surface area (Å²) in [4.78, 5) is 24.3. The summed E-state index contributed by atoms with van der Waals surface area (Å²) in [6.07, 6.45) is 42.7. The monoisotopic (exact) mass is 604 g/mol. The fraction of sp³-hybridized carbons (Fsp3) is 0.842. The molecule has 0 saturated carbocycles. The molecule has 2 amide bonds. The van der Waals surface area contributed by atoms with Crippen LogP contribution in [0.25, 0.3) is 0 Å². The van der Waals surface area contributed by atoms with Gasteiger partial charge in [-0.05, 0) is 64.2 Å². The quantitative estimate of drug-likeness (QED) is 0.0396. The van der Waals surface area contributed by atoms with E-state index in [0.717, 1.165) is 38.5 Å². The maximum Gasteiger partial charge on any atom is 0.257 e. The van der Waals surface area contributed by atoms with Gasteiger partial charge in [0.2, 0.25) is 5.91 Å². The molecule has 1 unspecified atom stereocenters. The minimum atomic E-state index is -0.954. The van der Waals surface area contributed by atoms with Crippen LogP contribution < -0.4 is 16.4 Å². The molecule has 4 N–H and O–H groups in total. The molecule has 43 heavy (non-hydrogen) atoms. The molecule has 0 aliphatic carbocycles. The molecule has 5 heteroatoms. The SMILES string of the molecule is CCCCCCCC/C=C\CCCCCCCCNC(=O)C(N)NC(=O)CCCCCCC/C=C\CCCCCCCC. The first kappa shape index (κ1) is 41.4. The molecule has 0 aliphatic rings. The topological polar surface area (TPSA) is 84.2 Å². The van der Waals surface area contributed by atoms with E-state index in [2.05, 4.69) is 48.8 Å². The van der Waals surface area contributed by atoms with Gasteiger partial charge >= 0.3 is 0 Å². The van der Waals surface area contributed by atoms with E-state index in [0.29, 0.717) is 13.0 Å². The fourth-order valence-corrected chi connectivity index (χ4v) is 5.36. The van der Waals surface area contributed by atoms with E-state index in [1.807, 2.05) is 0 Å². The van der Waals surface area contributed by atoms with Crippen molar-refractivity contribution in [3.8, 4) is 0 Å². The molecule has 0 aromatic rings. The van der Waals surface area contributed by atoms with E-state index in [9.17, 15) is 9.59 Å². The lowest BCUT2D eigenvalue weighted by Gasteiger charge is -2.14. The second kappa shape index (κ2) is 34.9. The van der Waals surface area contributed by atoms with Crippen LogP contribution in [-0.4, -0.2) is 24.5 Å². The standard InChI is InChI=1S/C38H73N3O2/c1-3-5-7-9-11-13-15-17-19-21-23-25-27-29-31-33-35-40-38(43)37(39)41-36(42)34-32-30-28-26-24-22-20-18-16-14-12-10-8-6-4-2/h17-20,37H,3-16,21-35,39H2,1-2H3,(H,40,43)(H,41,42)/b19-17-,20-18-. The molecule has 0 aromatic carbocycles. The van der Waals surface area contributed by atoms with Gasteiger partial charge in [0.25, 0.3) is 5.91 Å². The summed E-state index contributed by atoms with van der Waals surface area (Å²) in [7, 11) is 0. The maximum absolute atomic E-state index is 12.2. The summed E-state index contributed by atoms with van der Waals surface area (Å²) in [6.45, 7) is 5.15. The normalized spacial score (nSPS) is 12.3. The first-order valence-electron chi connectivity index (χ1n) is 18.7. The van der Waals surface area contributed by atoms with Crippen molar-refractivity contribution >= 4 is 11.8 Å². The highest BCUT2D eigenvalue weighted by Crippen LogP contribution is 2.11. The largest absolute Gasteiger partial charge is 0.353 e. The number of carbonyl (C=O) groups is 2. The lowest BCUT2D eigenvalue weighted by atomic mass is 10.1. The predicted molar refractivity (Wildman–Crippen MR) is 188 cm³/mol. The Morgan fingerprint density at radius 3 is 1.28 bits per heavy atom. The zero-order valence-electron chi connectivity index (χ0n) is 28.8. The number of nitrogens with one attached hydrogen (secondary N) is 2. The number of allylic oxidation sites excluding steroid dienone is 4. The second-order valence-electron chi connectivity index (χ2n) is 12.6. The van der Waals surface area contributed by atoms with Crippen LogP contribution in [0.1, 0.15) is 194 Å². The second-order valence-corrected chi connectivity index (χ2v) is 12.6. The van der Waals surface area contributed by atoms with Crippen LogP contribution in [-0.2, 0) is 9.59 Å². The van der Waals surface area contributed by atoms with Gasteiger partial charge in [-0.2, -0.15) is 0 Å². The third kappa shape index (κ3) is 33.1. The number of hydrogen-bond acceptors (Lipinski definition) is 3. The molecule has 0 bridgehead atoms. The molecule has 0 rings (SSSR count). The van der Waals surface area contributed by atoms with Crippen molar-refractivity contribution in [3.63, 3.8) is 0 Å². The van der Waals surface area contributed by atoms with Gasteiger partial charge in [-0.25, -0.2) is 0 Å². The van der Waals surface area contributed by atoms with E-state index < -0.39 is 6.17 Å². The molecule has 1 atom stereocenters. The Morgan fingerprint density at radius 2 is 0.860 bits per heavy atom. The van der Waals surface area contributed by atoms with Crippen LogP contribution in [0.2, 0.25) is 0 Å². The van der Waals surface area contributed by atoms with Gasteiger partial charge in [-0.15, -0.1) is 0 Å². The van der Waals surface area contributed by atoms with Gasteiger partial charge in [0.1, 0.15) is 0 Å². The zero-order valence-corrected chi connectivity index (χ0v) is 28.8. The Bertz CT molecular complexity index is 662. The molecule has 252 valence electrons. The highest BCUT2D eigenvalue weighted by molar-refractivity contribution is 5.86. The highest BCUT2D eigenvalue weighted by atomic mass is 16.2. The van der Waals surface area contributed by atoms with Crippen LogP contribution in [0, 0.1) is 0 Å². The van der Waals surface area contributed by atoms with Gasteiger partial charge in [-0.3, -0.25) is 9.59 Å². The van der Waals surface area contributed by atoms with Crippen molar-refractivity contribution in [2.45, 2.75) is 200 Å². The minimum absolute atomic E-state index is 0.127. The number of unbranched alkanes of at least 4 members (excludes halogenated alkanes) is 23. The average Bonchev–Trinajstić information content (AvgIpc) is 3.00. The van der Waals surface area contributed by atoms with Gasteiger partial charge in [-0.1, -0.05) is 147 Å². The van der Waals surface area contributed by atoms with Crippen LogP contribution in [0.5, 0.6) is 0 Å². The number of hydrogen-bond donors (Lipinski definition) is 3. The first-order valence-corrected chi connectivity index (χ1v) is 18.7. The molecule has 0 aliphatic heterocycles. The predicted octanol–water partition coefficient (Wildman–Crippen LogP) is 10.6. The van der Waals surface area contributed by atoms with Crippen molar-refractivity contribution in [1.29, 1.82) is 0 Å². The van der Waals surface area contributed by atoms with Gasteiger partial charge < -0.3 is 16.4 Å². The molecule has 0 saturated heterocycles.